The van der Waals surface area contributed by atoms with E-state index in [1.807, 2.05) is 19.1 Å². The molecule has 1 fully saturated rings. The van der Waals surface area contributed by atoms with Crippen LogP contribution in [0, 0.1) is 6.92 Å². The Bertz CT molecular complexity index is 674. The lowest BCUT2D eigenvalue weighted by Crippen LogP contribution is -2.42. The fourth-order valence-corrected chi connectivity index (χ4v) is 2.80. The lowest BCUT2D eigenvalue weighted by Gasteiger charge is -2.34. The van der Waals surface area contributed by atoms with Gasteiger partial charge in [-0.3, -0.25) is 0 Å². The number of anilines is 2. The Hall–Kier alpha value is -2.64. The molecule has 3 rings (SSSR count). The molecule has 0 bridgehead atoms. The standard InChI is InChI=1S/C16H22N6O2/c1-11-7-13(18-10-17-11)19-12-5-4-6-22(9-12)14-8-15(23-2)21-16(20-14)24-3/h7-8,10,12H,4-6,9H2,1-3H3,(H,17,18,19). The van der Waals surface area contributed by atoms with Gasteiger partial charge in [-0.1, -0.05) is 0 Å². The van der Waals surface area contributed by atoms with Crippen molar-refractivity contribution in [3.05, 3.63) is 24.2 Å². The van der Waals surface area contributed by atoms with Gasteiger partial charge in [0.1, 0.15) is 18.0 Å². The second kappa shape index (κ2) is 7.29. The highest BCUT2D eigenvalue weighted by Crippen LogP contribution is 2.24. The highest BCUT2D eigenvalue weighted by molar-refractivity contribution is 5.45. The fourth-order valence-electron chi connectivity index (χ4n) is 2.80. The van der Waals surface area contributed by atoms with Gasteiger partial charge in [0, 0.05) is 37.0 Å². The average Bonchev–Trinajstić information content (AvgIpc) is 2.61. The second-order valence-electron chi connectivity index (χ2n) is 5.73. The number of ether oxygens (including phenoxy) is 2. The van der Waals surface area contributed by atoms with E-state index in [1.54, 1.807) is 20.5 Å². The molecule has 24 heavy (non-hydrogen) atoms. The molecule has 1 aliphatic heterocycles. The van der Waals surface area contributed by atoms with Crippen LogP contribution in [-0.2, 0) is 0 Å². The number of hydrogen-bond donors (Lipinski definition) is 1. The topological polar surface area (TPSA) is 85.3 Å². The summed E-state index contributed by atoms with van der Waals surface area (Å²) in [6, 6.07) is 4.39. The highest BCUT2D eigenvalue weighted by Gasteiger charge is 2.22. The zero-order valence-corrected chi connectivity index (χ0v) is 14.2. The summed E-state index contributed by atoms with van der Waals surface area (Å²) < 4.78 is 10.4. The van der Waals surface area contributed by atoms with Crippen molar-refractivity contribution in [2.45, 2.75) is 25.8 Å². The molecule has 1 unspecified atom stereocenters. The first kappa shape index (κ1) is 16.2. The second-order valence-corrected chi connectivity index (χ2v) is 5.73. The van der Waals surface area contributed by atoms with Crippen LogP contribution in [0.15, 0.2) is 18.5 Å². The minimum absolute atomic E-state index is 0.292. The van der Waals surface area contributed by atoms with E-state index in [2.05, 4.69) is 30.2 Å². The van der Waals surface area contributed by atoms with Crippen LogP contribution in [0.25, 0.3) is 0 Å². The van der Waals surface area contributed by atoms with Crippen molar-refractivity contribution < 1.29 is 9.47 Å². The molecule has 0 saturated carbocycles. The van der Waals surface area contributed by atoms with Gasteiger partial charge in [0.2, 0.25) is 5.88 Å². The lowest BCUT2D eigenvalue weighted by atomic mass is 10.1. The van der Waals surface area contributed by atoms with Crippen LogP contribution < -0.4 is 19.7 Å². The van der Waals surface area contributed by atoms with Gasteiger partial charge in [-0.05, 0) is 19.8 Å². The Morgan fingerprint density at radius 1 is 1.17 bits per heavy atom. The number of hydrogen-bond acceptors (Lipinski definition) is 8. The van der Waals surface area contributed by atoms with Crippen LogP contribution in [0.4, 0.5) is 11.6 Å². The molecule has 1 atom stereocenters. The van der Waals surface area contributed by atoms with Crippen LogP contribution in [0.5, 0.6) is 11.9 Å². The van der Waals surface area contributed by atoms with Gasteiger partial charge in [0.25, 0.3) is 0 Å². The summed E-state index contributed by atoms with van der Waals surface area (Å²) in [6.45, 7) is 3.72. The Morgan fingerprint density at radius 2 is 2.04 bits per heavy atom. The SMILES string of the molecule is COc1cc(N2CCCC(Nc3cc(C)ncn3)C2)nc(OC)n1. The van der Waals surface area contributed by atoms with E-state index >= 15 is 0 Å². The van der Waals surface area contributed by atoms with Crippen molar-refractivity contribution in [1.82, 2.24) is 19.9 Å². The third-order valence-electron chi connectivity index (χ3n) is 3.96. The van der Waals surface area contributed by atoms with Crippen LogP contribution in [0.1, 0.15) is 18.5 Å². The van der Waals surface area contributed by atoms with E-state index in [4.69, 9.17) is 9.47 Å². The first-order valence-corrected chi connectivity index (χ1v) is 7.95. The van der Waals surface area contributed by atoms with Gasteiger partial charge >= 0.3 is 6.01 Å². The molecule has 0 radical (unpaired) electrons. The summed E-state index contributed by atoms with van der Waals surface area (Å²) >= 11 is 0. The van der Waals surface area contributed by atoms with E-state index in [0.29, 0.717) is 17.9 Å². The molecule has 8 nitrogen and oxygen atoms in total. The number of nitrogens with zero attached hydrogens (tertiary/aromatic N) is 5. The zero-order valence-electron chi connectivity index (χ0n) is 14.2. The molecule has 2 aromatic rings. The smallest absolute Gasteiger partial charge is 0.321 e. The average molecular weight is 330 g/mol. The highest BCUT2D eigenvalue weighted by atomic mass is 16.5. The first-order chi connectivity index (χ1) is 11.7. The predicted octanol–water partition coefficient (Wildman–Crippen LogP) is 1.67. The number of aryl methyl sites for hydroxylation is 1. The van der Waals surface area contributed by atoms with E-state index in [-0.39, 0.29) is 0 Å². The fraction of sp³-hybridized carbons (Fsp3) is 0.500. The van der Waals surface area contributed by atoms with Crippen LogP contribution in [0.3, 0.4) is 0 Å². The first-order valence-electron chi connectivity index (χ1n) is 7.95. The number of aromatic nitrogens is 4. The summed E-state index contributed by atoms with van der Waals surface area (Å²) in [5.41, 5.74) is 0.949. The maximum atomic E-state index is 5.23. The van der Waals surface area contributed by atoms with E-state index in [9.17, 15) is 0 Å². The van der Waals surface area contributed by atoms with Gasteiger partial charge in [-0.15, -0.1) is 0 Å². The Kier molecular flexibility index (Phi) is 4.93. The molecule has 1 N–H and O–H groups in total. The maximum absolute atomic E-state index is 5.23. The number of rotatable bonds is 5. The molecule has 3 heterocycles. The van der Waals surface area contributed by atoms with Crippen LogP contribution >= 0.6 is 0 Å². The summed E-state index contributed by atoms with van der Waals surface area (Å²) in [7, 11) is 3.14. The Labute approximate surface area is 141 Å². The van der Waals surface area contributed by atoms with Crippen LogP contribution in [0.2, 0.25) is 0 Å². The van der Waals surface area contributed by atoms with E-state index in [0.717, 1.165) is 43.3 Å². The molecule has 0 spiro atoms. The van der Waals surface area contributed by atoms with Crippen molar-refractivity contribution in [2.75, 3.05) is 37.5 Å². The van der Waals surface area contributed by atoms with Crippen molar-refractivity contribution in [3.8, 4) is 11.9 Å². The molecular weight excluding hydrogens is 308 g/mol. The summed E-state index contributed by atoms with van der Waals surface area (Å²) in [4.78, 5) is 19.2. The molecular formula is C16H22N6O2. The quantitative estimate of drug-likeness (QED) is 0.886. The minimum Gasteiger partial charge on any atom is -0.481 e. The Morgan fingerprint density at radius 3 is 2.79 bits per heavy atom. The van der Waals surface area contributed by atoms with Gasteiger partial charge in [0.05, 0.1) is 14.2 Å². The molecule has 1 aliphatic rings. The maximum Gasteiger partial charge on any atom is 0.321 e. The van der Waals surface area contributed by atoms with Gasteiger partial charge < -0.3 is 19.7 Å². The summed E-state index contributed by atoms with van der Waals surface area (Å²) in [5, 5.41) is 3.48. The van der Waals surface area contributed by atoms with Crippen molar-refractivity contribution in [2.24, 2.45) is 0 Å². The van der Waals surface area contributed by atoms with Crippen molar-refractivity contribution in [3.63, 3.8) is 0 Å². The van der Waals surface area contributed by atoms with E-state index in [1.165, 1.54) is 0 Å². The van der Waals surface area contributed by atoms with Crippen molar-refractivity contribution >= 4 is 11.6 Å². The van der Waals surface area contributed by atoms with Crippen molar-refractivity contribution in [1.29, 1.82) is 0 Å². The molecule has 8 heteroatoms. The van der Waals surface area contributed by atoms with E-state index < -0.39 is 0 Å². The molecule has 2 aromatic heterocycles. The third-order valence-corrected chi connectivity index (χ3v) is 3.96. The largest absolute Gasteiger partial charge is 0.481 e. The minimum atomic E-state index is 0.292. The third kappa shape index (κ3) is 3.81. The summed E-state index contributed by atoms with van der Waals surface area (Å²) in [6.07, 6.45) is 3.73. The van der Waals surface area contributed by atoms with Gasteiger partial charge in [-0.2, -0.15) is 9.97 Å². The normalized spacial score (nSPS) is 17.5. The lowest BCUT2D eigenvalue weighted by molar-refractivity contribution is 0.351. The molecule has 1 saturated heterocycles. The zero-order chi connectivity index (χ0) is 16.9. The number of nitrogens with one attached hydrogen (secondary N) is 1. The summed E-state index contributed by atoms with van der Waals surface area (Å²) in [5.74, 6) is 2.16. The molecule has 0 aliphatic carbocycles. The number of methoxy groups -OCH3 is 2. The van der Waals surface area contributed by atoms with Gasteiger partial charge in [0.15, 0.2) is 0 Å². The monoisotopic (exact) mass is 330 g/mol. The van der Waals surface area contributed by atoms with Crippen LogP contribution in [-0.4, -0.2) is 53.3 Å². The molecule has 0 amide bonds. The predicted molar refractivity (Wildman–Crippen MR) is 90.8 cm³/mol. The molecule has 0 aromatic carbocycles. The number of piperidine rings is 1. The molecule has 128 valence electrons. The Balaban J connectivity index is 1.73. The van der Waals surface area contributed by atoms with Gasteiger partial charge in [-0.25, -0.2) is 9.97 Å².